The summed E-state index contributed by atoms with van der Waals surface area (Å²) in [7, 11) is 0. The average Bonchev–Trinajstić information content (AvgIpc) is 2.74. The van der Waals surface area contributed by atoms with E-state index in [0.29, 0.717) is 0 Å². The summed E-state index contributed by atoms with van der Waals surface area (Å²) in [5.74, 6) is 0.0801. The van der Waals surface area contributed by atoms with E-state index < -0.39 is 24.5 Å². The van der Waals surface area contributed by atoms with Crippen LogP contribution in [-0.4, -0.2) is 49.8 Å². The van der Waals surface area contributed by atoms with E-state index in [4.69, 9.17) is 16.2 Å². The summed E-state index contributed by atoms with van der Waals surface area (Å²) >= 11 is 0. The molecule has 0 aromatic carbocycles. The van der Waals surface area contributed by atoms with Gasteiger partial charge < -0.3 is 26.4 Å². The van der Waals surface area contributed by atoms with Gasteiger partial charge in [-0.05, 0) is 0 Å². The molecule has 1 aliphatic rings. The Morgan fingerprint density at radius 3 is 2.67 bits per heavy atom. The normalized spacial score (nSPS) is 35.9. The topological polar surface area (TPSA) is 132 Å². The molecule has 2 heterocycles. The number of nitrogens with zero attached hydrogens (tertiary/aromatic N) is 3. The highest BCUT2D eigenvalue weighted by Gasteiger charge is 2.43. The first-order valence-electron chi connectivity index (χ1n) is 4.51. The minimum absolute atomic E-state index is 0.0801. The molecule has 1 aliphatic heterocycles. The Morgan fingerprint density at radius 1 is 1.47 bits per heavy atom. The van der Waals surface area contributed by atoms with Crippen LogP contribution < -0.4 is 11.5 Å². The predicted octanol–water partition coefficient (Wildman–Crippen LogP) is -2.56. The number of nitrogens with two attached hydrogens (primary N) is 2. The molecule has 0 amide bonds. The minimum Gasteiger partial charge on any atom is -0.387 e. The molecule has 0 saturated carbocycles. The van der Waals surface area contributed by atoms with Gasteiger partial charge in [0, 0.05) is 6.54 Å². The molecule has 0 bridgehead atoms. The lowest BCUT2D eigenvalue weighted by atomic mass is 10.1. The molecule has 1 aromatic heterocycles. The third-order valence-electron chi connectivity index (χ3n) is 2.36. The minimum atomic E-state index is -1.08. The van der Waals surface area contributed by atoms with Crippen LogP contribution in [-0.2, 0) is 4.74 Å². The number of aliphatic hydroxyl groups is 2. The maximum absolute atomic E-state index is 9.66. The molecule has 4 atom stereocenters. The fourth-order valence-electron chi connectivity index (χ4n) is 1.55. The number of ether oxygens (including phenoxy) is 1. The van der Waals surface area contributed by atoms with Gasteiger partial charge in [0.1, 0.15) is 24.6 Å². The predicted molar refractivity (Wildman–Crippen MR) is 49.4 cm³/mol. The van der Waals surface area contributed by atoms with Gasteiger partial charge in [0.15, 0.2) is 6.23 Å². The van der Waals surface area contributed by atoms with Crippen LogP contribution in [0.5, 0.6) is 0 Å². The summed E-state index contributed by atoms with van der Waals surface area (Å²) < 4.78 is 6.58. The first-order valence-corrected chi connectivity index (χ1v) is 4.51. The summed E-state index contributed by atoms with van der Waals surface area (Å²) in [6, 6.07) is 0. The zero-order valence-corrected chi connectivity index (χ0v) is 7.89. The van der Waals surface area contributed by atoms with Crippen molar-refractivity contribution in [2.75, 3.05) is 12.3 Å². The summed E-state index contributed by atoms with van der Waals surface area (Å²) in [6.07, 6.45) is -2.17. The summed E-state index contributed by atoms with van der Waals surface area (Å²) in [5.41, 5.74) is 10.7. The van der Waals surface area contributed by atoms with Crippen molar-refractivity contribution in [2.24, 2.45) is 5.73 Å². The lowest BCUT2D eigenvalue weighted by Crippen LogP contribution is -2.35. The number of aromatic nitrogens is 3. The molecule has 0 radical (unpaired) electrons. The maximum Gasteiger partial charge on any atom is 0.239 e. The standard InChI is InChI=1S/C7H13N5O3/c8-1-3-4(13)5(14)6(15-3)12-2-10-7(9)11-12/h2-6,13-14H,1,8H2,(H2,9,11)/t3-,4-,5-,6-/m1/s1. The van der Waals surface area contributed by atoms with Gasteiger partial charge in [-0.25, -0.2) is 9.67 Å². The molecule has 15 heavy (non-hydrogen) atoms. The van der Waals surface area contributed by atoms with Crippen LogP contribution in [0.25, 0.3) is 0 Å². The van der Waals surface area contributed by atoms with Crippen LogP contribution in [0.4, 0.5) is 5.95 Å². The van der Waals surface area contributed by atoms with Crippen LogP contribution in [0.2, 0.25) is 0 Å². The summed E-state index contributed by atoms with van der Waals surface area (Å²) in [6.45, 7) is 0.124. The molecule has 1 aromatic rings. The van der Waals surface area contributed by atoms with Crippen molar-refractivity contribution in [2.45, 2.75) is 24.5 Å². The lowest BCUT2D eigenvalue weighted by Gasteiger charge is -2.13. The average molecular weight is 215 g/mol. The Balaban J connectivity index is 2.18. The summed E-state index contributed by atoms with van der Waals surface area (Å²) in [5, 5.41) is 23.0. The van der Waals surface area contributed by atoms with Crippen molar-refractivity contribution in [3.05, 3.63) is 6.33 Å². The van der Waals surface area contributed by atoms with Gasteiger partial charge in [0.05, 0.1) is 0 Å². The van der Waals surface area contributed by atoms with Crippen LogP contribution in [0.15, 0.2) is 6.33 Å². The molecule has 0 aliphatic carbocycles. The number of hydrogen-bond donors (Lipinski definition) is 4. The van der Waals surface area contributed by atoms with Crippen LogP contribution >= 0.6 is 0 Å². The SMILES string of the molecule is NC[C@H]1O[C@@H](n2cnc(N)n2)[C@H](O)[C@@H]1O. The number of anilines is 1. The number of aliphatic hydroxyl groups excluding tert-OH is 2. The van der Waals surface area contributed by atoms with E-state index in [-0.39, 0.29) is 12.5 Å². The second kappa shape index (κ2) is 3.74. The highest BCUT2D eigenvalue weighted by atomic mass is 16.6. The highest BCUT2D eigenvalue weighted by molar-refractivity contribution is 5.09. The van der Waals surface area contributed by atoms with Crippen molar-refractivity contribution < 1.29 is 14.9 Å². The summed E-state index contributed by atoms with van der Waals surface area (Å²) in [4.78, 5) is 3.70. The van der Waals surface area contributed by atoms with Crippen molar-refractivity contribution in [1.29, 1.82) is 0 Å². The Bertz CT molecular complexity index is 343. The Hall–Kier alpha value is -1.22. The molecule has 84 valence electrons. The lowest BCUT2D eigenvalue weighted by molar-refractivity contribution is -0.0418. The highest BCUT2D eigenvalue weighted by Crippen LogP contribution is 2.28. The van der Waals surface area contributed by atoms with Crippen molar-refractivity contribution in [3.8, 4) is 0 Å². The second-order valence-corrected chi connectivity index (χ2v) is 3.36. The monoisotopic (exact) mass is 215 g/mol. The molecule has 0 spiro atoms. The molecule has 1 fully saturated rings. The van der Waals surface area contributed by atoms with Gasteiger partial charge in [0.2, 0.25) is 5.95 Å². The third kappa shape index (κ3) is 1.67. The van der Waals surface area contributed by atoms with Gasteiger partial charge in [-0.1, -0.05) is 0 Å². The molecule has 2 rings (SSSR count). The Labute approximate surface area is 85.5 Å². The smallest absolute Gasteiger partial charge is 0.239 e. The van der Waals surface area contributed by atoms with E-state index >= 15 is 0 Å². The maximum atomic E-state index is 9.66. The van der Waals surface area contributed by atoms with E-state index in [0.717, 1.165) is 0 Å². The molecule has 8 nitrogen and oxygen atoms in total. The van der Waals surface area contributed by atoms with E-state index in [1.807, 2.05) is 0 Å². The Morgan fingerprint density at radius 2 is 2.20 bits per heavy atom. The quantitative estimate of drug-likeness (QED) is 0.426. The first kappa shape index (κ1) is 10.3. The third-order valence-corrected chi connectivity index (χ3v) is 2.36. The molecular formula is C7H13N5O3. The molecule has 1 saturated heterocycles. The number of nitrogen functional groups attached to an aromatic ring is 1. The van der Waals surface area contributed by atoms with Gasteiger partial charge >= 0.3 is 0 Å². The number of hydrogen-bond acceptors (Lipinski definition) is 7. The Kier molecular flexibility index (Phi) is 2.57. The van der Waals surface area contributed by atoms with E-state index in [9.17, 15) is 10.2 Å². The van der Waals surface area contributed by atoms with Gasteiger partial charge in [-0.3, -0.25) is 0 Å². The van der Waals surface area contributed by atoms with Crippen molar-refractivity contribution in [1.82, 2.24) is 14.8 Å². The van der Waals surface area contributed by atoms with Gasteiger partial charge in [-0.15, -0.1) is 5.10 Å². The number of rotatable bonds is 2. The van der Waals surface area contributed by atoms with Gasteiger partial charge in [-0.2, -0.15) is 0 Å². The molecule has 8 heteroatoms. The van der Waals surface area contributed by atoms with E-state index in [1.54, 1.807) is 0 Å². The first-order chi connectivity index (χ1) is 7.13. The van der Waals surface area contributed by atoms with Crippen molar-refractivity contribution >= 4 is 5.95 Å². The largest absolute Gasteiger partial charge is 0.387 e. The van der Waals surface area contributed by atoms with Crippen molar-refractivity contribution in [3.63, 3.8) is 0 Å². The fourth-order valence-corrected chi connectivity index (χ4v) is 1.55. The molecule has 6 N–H and O–H groups in total. The molecular weight excluding hydrogens is 202 g/mol. The van der Waals surface area contributed by atoms with E-state index in [2.05, 4.69) is 10.1 Å². The zero-order valence-electron chi connectivity index (χ0n) is 7.89. The van der Waals surface area contributed by atoms with E-state index in [1.165, 1.54) is 11.0 Å². The second-order valence-electron chi connectivity index (χ2n) is 3.36. The van der Waals surface area contributed by atoms with Crippen LogP contribution in [0.1, 0.15) is 6.23 Å². The van der Waals surface area contributed by atoms with Crippen LogP contribution in [0, 0.1) is 0 Å². The van der Waals surface area contributed by atoms with Crippen LogP contribution in [0.3, 0.4) is 0 Å². The van der Waals surface area contributed by atoms with Gasteiger partial charge in [0.25, 0.3) is 0 Å². The fraction of sp³-hybridized carbons (Fsp3) is 0.714. The zero-order chi connectivity index (χ0) is 11.0. The molecule has 0 unspecified atom stereocenters.